The van der Waals surface area contributed by atoms with Crippen molar-refractivity contribution in [2.45, 2.75) is 84.0 Å². The molecule has 4 aliphatic carbocycles. The molecule has 3 aromatic rings. The second kappa shape index (κ2) is 11.5. The van der Waals surface area contributed by atoms with E-state index in [0.29, 0.717) is 31.5 Å². The summed E-state index contributed by atoms with van der Waals surface area (Å²) in [6.45, 7) is 7.36. The summed E-state index contributed by atoms with van der Waals surface area (Å²) < 4.78 is 1.93. The van der Waals surface area contributed by atoms with E-state index < -0.39 is 17.1 Å². The number of allylic oxidation sites excluding steroid dienone is 1. The topological polar surface area (TPSA) is 116 Å². The Balaban J connectivity index is 1.13. The molecule has 2 aromatic carbocycles. The molecule has 4 N–H and O–H groups in total. The lowest BCUT2D eigenvalue weighted by Crippen LogP contribution is -2.63. The summed E-state index contributed by atoms with van der Waals surface area (Å²) >= 11 is 0. The Morgan fingerprint density at radius 1 is 1.07 bits per heavy atom. The molecule has 7 rings (SSSR count). The van der Waals surface area contributed by atoms with Crippen molar-refractivity contribution in [2.75, 3.05) is 6.54 Å². The molecule has 8 nitrogen and oxygen atoms in total. The second-order valence-electron chi connectivity index (χ2n) is 14.6. The van der Waals surface area contributed by atoms with Crippen LogP contribution in [0.25, 0.3) is 11.8 Å². The maximum atomic E-state index is 13.3. The number of benzene rings is 2. The quantitative estimate of drug-likeness (QED) is 0.289. The molecule has 0 radical (unpaired) electrons. The molecule has 7 atom stereocenters. The summed E-state index contributed by atoms with van der Waals surface area (Å²) in [5.41, 5.74) is 3.61. The summed E-state index contributed by atoms with van der Waals surface area (Å²) in [7, 11) is 0. The smallest absolute Gasteiger partial charge is 0.252 e. The van der Waals surface area contributed by atoms with Crippen LogP contribution in [-0.4, -0.2) is 50.1 Å². The minimum Gasteiger partial charge on any atom is -0.393 e. The molecule has 1 heterocycles. The number of nitrogens with zero attached hydrogens (tertiary/aromatic N) is 2. The second-order valence-corrected chi connectivity index (χ2v) is 14.6. The third kappa shape index (κ3) is 4.75. The van der Waals surface area contributed by atoms with Crippen LogP contribution in [0.5, 0.6) is 0 Å². The fourth-order valence-corrected chi connectivity index (χ4v) is 9.81. The van der Waals surface area contributed by atoms with E-state index in [1.807, 2.05) is 79.3 Å². The molecule has 0 spiro atoms. The van der Waals surface area contributed by atoms with Crippen molar-refractivity contribution in [3.63, 3.8) is 0 Å². The van der Waals surface area contributed by atoms with Crippen molar-refractivity contribution in [1.29, 1.82) is 0 Å². The van der Waals surface area contributed by atoms with Gasteiger partial charge in [-0.2, -0.15) is 5.10 Å². The molecular formula is C38H46N4O4. The Morgan fingerprint density at radius 2 is 1.87 bits per heavy atom. The Morgan fingerprint density at radius 3 is 2.65 bits per heavy atom. The highest BCUT2D eigenvalue weighted by atomic mass is 16.3. The number of carbonyl (C=O) groups excluding carboxylic acids is 2. The van der Waals surface area contributed by atoms with Gasteiger partial charge in [-0.05, 0) is 104 Å². The van der Waals surface area contributed by atoms with E-state index in [2.05, 4.69) is 23.6 Å². The molecule has 0 aliphatic heterocycles. The summed E-state index contributed by atoms with van der Waals surface area (Å²) in [4.78, 5) is 26.3. The average Bonchev–Trinajstić information content (AvgIpc) is 3.58. The van der Waals surface area contributed by atoms with Crippen molar-refractivity contribution < 1.29 is 19.8 Å². The van der Waals surface area contributed by atoms with E-state index in [-0.39, 0.29) is 35.0 Å². The van der Waals surface area contributed by atoms with Gasteiger partial charge >= 0.3 is 0 Å². The van der Waals surface area contributed by atoms with Gasteiger partial charge in [0, 0.05) is 24.1 Å². The van der Waals surface area contributed by atoms with Crippen LogP contribution in [0, 0.1) is 28.6 Å². The van der Waals surface area contributed by atoms with Crippen molar-refractivity contribution in [3.05, 3.63) is 88.8 Å². The van der Waals surface area contributed by atoms with E-state index in [1.54, 1.807) is 0 Å². The first kappa shape index (κ1) is 30.9. The molecule has 8 heteroatoms. The first-order valence-electron chi connectivity index (χ1n) is 17.0. The molecular weight excluding hydrogens is 576 g/mol. The third-order valence-electron chi connectivity index (χ3n) is 12.1. The minimum absolute atomic E-state index is 0.0415. The van der Waals surface area contributed by atoms with Crippen LogP contribution in [0.2, 0.25) is 0 Å². The highest BCUT2D eigenvalue weighted by Gasteiger charge is 2.68. The van der Waals surface area contributed by atoms with E-state index in [9.17, 15) is 19.8 Å². The zero-order chi connectivity index (χ0) is 32.3. The number of nitrogens with one attached hydrogen (secondary N) is 2. The van der Waals surface area contributed by atoms with E-state index in [1.165, 1.54) is 5.57 Å². The maximum Gasteiger partial charge on any atom is 0.252 e. The standard InChI is InChI=1S/C38H46N4O4/c1-4-17-39-35(45)38(46)16-15-30-29-14-13-27-19-31-26(20-36(27,2)33(29)32(43)21-37(30,38)3)23-41-42(31)28-12-8-11-25(18-28)34(44)40-22-24-9-6-5-7-10-24/h5-12,18-19,23,29-30,32-33,43,46H,4,13-17,20-22H2,1-3H3,(H,39,45)(H,40,44). The lowest BCUT2D eigenvalue weighted by Gasteiger charge is -2.60. The summed E-state index contributed by atoms with van der Waals surface area (Å²) in [6, 6.07) is 17.5. The Kier molecular flexibility index (Phi) is 7.72. The first-order valence-corrected chi connectivity index (χ1v) is 17.0. The van der Waals surface area contributed by atoms with Crippen LogP contribution in [0.1, 0.15) is 86.5 Å². The number of aromatic nitrogens is 2. The molecule has 3 saturated carbocycles. The van der Waals surface area contributed by atoms with Crippen molar-refractivity contribution >= 4 is 17.9 Å². The SMILES string of the molecule is CCCNC(=O)C1(O)CCC2C3CCC4=Cc5c(cnn5-c5cccc(C(=O)NCc6ccccc6)c5)CC4(C)C3C(O)CC21C. The Labute approximate surface area is 271 Å². The predicted octanol–water partition coefficient (Wildman–Crippen LogP) is 5.21. The van der Waals surface area contributed by atoms with Gasteiger partial charge in [-0.1, -0.05) is 62.7 Å². The van der Waals surface area contributed by atoms with Gasteiger partial charge in [0.25, 0.3) is 11.8 Å². The van der Waals surface area contributed by atoms with E-state index in [0.717, 1.165) is 54.6 Å². The van der Waals surface area contributed by atoms with Gasteiger partial charge in [-0.25, -0.2) is 4.68 Å². The highest BCUT2D eigenvalue weighted by Crippen LogP contribution is 2.67. The predicted molar refractivity (Wildman–Crippen MR) is 177 cm³/mol. The Bertz CT molecular complexity index is 1680. The summed E-state index contributed by atoms with van der Waals surface area (Å²) in [5, 5.41) is 34.5. The molecule has 4 aliphatic rings. The zero-order valence-electron chi connectivity index (χ0n) is 27.1. The third-order valence-corrected chi connectivity index (χ3v) is 12.1. The molecule has 1 aromatic heterocycles. The molecule has 0 bridgehead atoms. The van der Waals surface area contributed by atoms with Gasteiger partial charge in [0.2, 0.25) is 0 Å². The van der Waals surface area contributed by atoms with Crippen LogP contribution in [0.15, 0.2) is 66.4 Å². The lowest BCUT2D eigenvalue weighted by atomic mass is 9.45. The van der Waals surface area contributed by atoms with Gasteiger partial charge in [0.15, 0.2) is 0 Å². The summed E-state index contributed by atoms with van der Waals surface area (Å²) in [5.74, 6) is 0.0406. The maximum absolute atomic E-state index is 13.3. The number of aliphatic hydroxyl groups is 2. The largest absolute Gasteiger partial charge is 0.393 e. The molecule has 3 fully saturated rings. The fraction of sp³-hybridized carbons (Fsp3) is 0.500. The number of hydrogen-bond acceptors (Lipinski definition) is 5. The van der Waals surface area contributed by atoms with Gasteiger partial charge in [-0.15, -0.1) is 0 Å². The zero-order valence-corrected chi connectivity index (χ0v) is 27.1. The van der Waals surface area contributed by atoms with Crippen LogP contribution in [0.3, 0.4) is 0 Å². The number of carbonyl (C=O) groups is 2. The van der Waals surface area contributed by atoms with Crippen LogP contribution >= 0.6 is 0 Å². The van der Waals surface area contributed by atoms with Gasteiger partial charge in [0.1, 0.15) is 5.60 Å². The molecule has 242 valence electrons. The molecule has 46 heavy (non-hydrogen) atoms. The van der Waals surface area contributed by atoms with Crippen LogP contribution < -0.4 is 10.6 Å². The number of aliphatic hydroxyl groups excluding tert-OH is 1. The van der Waals surface area contributed by atoms with Crippen molar-refractivity contribution in [1.82, 2.24) is 20.4 Å². The van der Waals surface area contributed by atoms with E-state index >= 15 is 0 Å². The number of fused-ring (bicyclic) bond motifs is 6. The van der Waals surface area contributed by atoms with Crippen molar-refractivity contribution in [3.8, 4) is 5.69 Å². The molecule has 7 unspecified atom stereocenters. The van der Waals surface area contributed by atoms with Gasteiger partial charge < -0.3 is 20.8 Å². The normalized spacial score (nSPS) is 32.8. The summed E-state index contributed by atoms with van der Waals surface area (Å²) in [6.07, 6.45) is 8.67. The minimum atomic E-state index is -1.45. The van der Waals surface area contributed by atoms with E-state index in [4.69, 9.17) is 5.10 Å². The lowest BCUT2D eigenvalue weighted by molar-refractivity contribution is -0.181. The Hall–Kier alpha value is -3.75. The molecule has 2 amide bonds. The molecule has 0 saturated heterocycles. The van der Waals surface area contributed by atoms with Gasteiger partial charge in [-0.3, -0.25) is 9.59 Å². The number of hydrogen-bond donors (Lipinski definition) is 4. The fourth-order valence-electron chi connectivity index (χ4n) is 9.81. The van der Waals surface area contributed by atoms with Crippen LogP contribution in [0.4, 0.5) is 0 Å². The first-order chi connectivity index (χ1) is 22.1. The number of amides is 2. The average molecular weight is 623 g/mol. The monoisotopic (exact) mass is 622 g/mol. The van der Waals surface area contributed by atoms with Gasteiger partial charge in [0.05, 0.1) is 23.7 Å². The highest BCUT2D eigenvalue weighted by molar-refractivity contribution is 5.94. The number of rotatable bonds is 7. The van der Waals surface area contributed by atoms with Crippen molar-refractivity contribution in [2.24, 2.45) is 28.6 Å². The van der Waals surface area contributed by atoms with Crippen LogP contribution in [-0.2, 0) is 17.8 Å².